The first-order valence-corrected chi connectivity index (χ1v) is 7.02. The van der Waals surface area contributed by atoms with Crippen LogP contribution < -0.4 is 5.32 Å². The second-order valence-corrected chi connectivity index (χ2v) is 5.63. The number of aryl methyl sites for hydroxylation is 1. The monoisotopic (exact) mass is 251 g/mol. The maximum absolute atomic E-state index is 11.8. The summed E-state index contributed by atoms with van der Waals surface area (Å²) >= 11 is 1.61. The number of carbonyl (C=O) groups excluding carboxylic acids is 1. The van der Waals surface area contributed by atoms with Gasteiger partial charge in [-0.25, -0.2) is 0 Å². The SMILES string of the molecule is CCCCNC(=O)[C@@H](C)Sc1ccc(C)cc1. The summed E-state index contributed by atoms with van der Waals surface area (Å²) in [5.41, 5.74) is 1.24. The van der Waals surface area contributed by atoms with Crippen LogP contribution in [0.4, 0.5) is 0 Å². The van der Waals surface area contributed by atoms with Crippen LogP contribution in [0.25, 0.3) is 0 Å². The van der Waals surface area contributed by atoms with Crippen molar-refractivity contribution in [3.63, 3.8) is 0 Å². The number of unbranched alkanes of at least 4 members (excludes halogenated alkanes) is 1. The van der Waals surface area contributed by atoms with Gasteiger partial charge in [0.2, 0.25) is 5.91 Å². The Labute approximate surface area is 108 Å². The molecule has 0 aliphatic heterocycles. The van der Waals surface area contributed by atoms with Crippen LogP contribution in [0.3, 0.4) is 0 Å². The Morgan fingerprint density at radius 2 is 2.00 bits per heavy atom. The standard InChI is InChI=1S/C14H21NOS/c1-4-5-10-15-14(16)12(3)17-13-8-6-11(2)7-9-13/h6-9,12H,4-5,10H2,1-3H3,(H,15,16)/t12-/m1/s1. The summed E-state index contributed by atoms with van der Waals surface area (Å²) in [6, 6.07) is 8.28. The topological polar surface area (TPSA) is 29.1 Å². The van der Waals surface area contributed by atoms with E-state index in [0.717, 1.165) is 24.3 Å². The molecule has 0 bridgehead atoms. The van der Waals surface area contributed by atoms with Crippen molar-refractivity contribution in [3.8, 4) is 0 Å². The summed E-state index contributed by atoms with van der Waals surface area (Å²) < 4.78 is 0. The highest BCUT2D eigenvalue weighted by molar-refractivity contribution is 8.00. The van der Waals surface area contributed by atoms with Crippen molar-refractivity contribution in [2.45, 2.75) is 43.8 Å². The Morgan fingerprint density at radius 1 is 1.35 bits per heavy atom. The Morgan fingerprint density at radius 3 is 2.59 bits per heavy atom. The largest absolute Gasteiger partial charge is 0.355 e. The van der Waals surface area contributed by atoms with Gasteiger partial charge in [0.05, 0.1) is 5.25 Å². The third-order valence-corrected chi connectivity index (χ3v) is 3.64. The van der Waals surface area contributed by atoms with E-state index in [-0.39, 0.29) is 11.2 Å². The van der Waals surface area contributed by atoms with E-state index in [9.17, 15) is 4.79 Å². The number of thioether (sulfide) groups is 1. The molecule has 0 radical (unpaired) electrons. The molecule has 1 aromatic rings. The lowest BCUT2D eigenvalue weighted by molar-refractivity contribution is -0.120. The number of rotatable bonds is 6. The molecule has 1 amide bonds. The van der Waals surface area contributed by atoms with E-state index in [2.05, 4.69) is 43.4 Å². The van der Waals surface area contributed by atoms with Gasteiger partial charge < -0.3 is 5.32 Å². The van der Waals surface area contributed by atoms with Gasteiger partial charge in [-0.05, 0) is 32.4 Å². The summed E-state index contributed by atoms with van der Waals surface area (Å²) in [6.45, 7) is 6.92. The van der Waals surface area contributed by atoms with Gasteiger partial charge in [-0.3, -0.25) is 4.79 Å². The lowest BCUT2D eigenvalue weighted by atomic mass is 10.2. The lowest BCUT2D eigenvalue weighted by Crippen LogP contribution is -2.31. The number of carbonyl (C=O) groups is 1. The molecule has 3 heteroatoms. The Balaban J connectivity index is 2.40. The quantitative estimate of drug-likeness (QED) is 0.620. The highest BCUT2D eigenvalue weighted by Gasteiger charge is 2.13. The second-order valence-electron chi connectivity index (χ2n) is 4.22. The zero-order valence-corrected chi connectivity index (χ0v) is 11.6. The van der Waals surface area contributed by atoms with Crippen LogP contribution in [0, 0.1) is 6.92 Å². The van der Waals surface area contributed by atoms with Gasteiger partial charge in [0.25, 0.3) is 0 Å². The van der Waals surface area contributed by atoms with Gasteiger partial charge in [0, 0.05) is 11.4 Å². The maximum atomic E-state index is 11.8. The van der Waals surface area contributed by atoms with Gasteiger partial charge in [0.1, 0.15) is 0 Å². The fourth-order valence-corrected chi connectivity index (χ4v) is 2.30. The first-order valence-electron chi connectivity index (χ1n) is 6.14. The predicted octanol–water partition coefficient (Wildman–Crippen LogP) is 3.39. The lowest BCUT2D eigenvalue weighted by Gasteiger charge is -2.11. The average molecular weight is 251 g/mol. The zero-order chi connectivity index (χ0) is 12.7. The normalized spacial score (nSPS) is 12.2. The molecule has 0 heterocycles. The molecule has 2 nitrogen and oxygen atoms in total. The number of hydrogen-bond donors (Lipinski definition) is 1. The molecule has 0 aliphatic carbocycles. The molecule has 0 fully saturated rings. The summed E-state index contributed by atoms with van der Waals surface area (Å²) in [5.74, 6) is 0.129. The zero-order valence-electron chi connectivity index (χ0n) is 10.8. The van der Waals surface area contributed by atoms with Crippen molar-refractivity contribution in [1.82, 2.24) is 5.32 Å². The highest BCUT2D eigenvalue weighted by Crippen LogP contribution is 2.23. The molecule has 17 heavy (non-hydrogen) atoms. The smallest absolute Gasteiger partial charge is 0.233 e. The molecule has 0 unspecified atom stereocenters. The minimum absolute atomic E-state index is 0.0328. The summed E-state index contributed by atoms with van der Waals surface area (Å²) in [4.78, 5) is 12.9. The highest BCUT2D eigenvalue weighted by atomic mass is 32.2. The van der Waals surface area contributed by atoms with Crippen LogP contribution in [0.2, 0.25) is 0 Å². The molecule has 0 saturated carbocycles. The molecule has 1 atom stereocenters. The van der Waals surface area contributed by atoms with Gasteiger partial charge in [0.15, 0.2) is 0 Å². The third-order valence-electron chi connectivity index (χ3n) is 2.53. The van der Waals surface area contributed by atoms with E-state index in [1.165, 1.54) is 5.56 Å². The molecule has 1 N–H and O–H groups in total. The van der Waals surface area contributed by atoms with Crippen LogP contribution >= 0.6 is 11.8 Å². The molecule has 0 aromatic heterocycles. The van der Waals surface area contributed by atoms with E-state index >= 15 is 0 Å². The first-order chi connectivity index (χ1) is 8.13. The van der Waals surface area contributed by atoms with Gasteiger partial charge in [-0.1, -0.05) is 31.0 Å². The van der Waals surface area contributed by atoms with Crippen molar-refractivity contribution < 1.29 is 4.79 Å². The number of benzene rings is 1. The van der Waals surface area contributed by atoms with Crippen molar-refractivity contribution in [1.29, 1.82) is 0 Å². The molecule has 0 saturated heterocycles. The molecular weight excluding hydrogens is 230 g/mol. The van der Waals surface area contributed by atoms with E-state index in [0.29, 0.717) is 0 Å². The minimum Gasteiger partial charge on any atom is -0.355 e. The van der Waals surface area contributed by atoms with Crippen LogP contribution in [-0.4, -0.2) is 17.7 Å². The van der Waals surface area contributed by atoms with Gasteiger partial charge in [-0.15, -0.1) is 11.8 Å². The Bertz CT molecular complexity index is 348. The van der Waals surface area contributed by atoms with E-state index < -0.39 is 0 Å². The van der Waals surface area contributed by atoms with Crippen LogP contribution in [0.15, 0.2) is 29.2 Å². The van der Waals surface area contributed by atoms with Crippen molar-refractivity contribution >= 4 is 17.7 Å². The van der Waals surface area contributed by atoms with E-state index in [4.69, 9.17) is 0 Å². The average Bonchev–Trinajstić information content (AvgIpc) is 2.32. The Kier molecular flexibility index (Phi) is 6.12. The summed E-state index contributed by atoms with van der Waals surface area (Å²) in [5, 5.41) is 2.92. The van der Waals surface area contributed by atoms with Crippen LogP contribution in [0.1, 0.15) is 32.3 Å². The van der Waals surface area contributed by atoms with Gasteiger partial charge >= 0.3 is 0 Å². The van der Waals surface area contributed by atoms with Crippen molar-refractivity contribution in [3.05, 3.63) is 29.8 Å². The third kappa shape index (κ3) is 5.26. The summed E-state index contributed by atoms with van der Waals surface area (Å²) in [7, 11) is 0. The fourth-order valence-electron chi connectivity index (χ4n) is 1.41. The molecule has 1 rings (SSSR count). The number of hydrogen-bond acceptors (Lipinski definition) is 2. The van der Waals surface area contributed by atoms with Crippen molar-refractivity contribution in [2.24, 2.45) is 0 Å². The van der Waals surface area contributed by atoms with Crippen LogP contribution in [-0.2, 0) is 4.79 Å². The fraction of sp³-hybridized carbons (Fsp3) is 0.500. The first kappa shape index (κ1) is 14.1. The van der Waals surface area contributed by atoms with Crippen LogP contribution in [0.5, 0.6) is 0 Å². The van der Waals surface area contributed by atoms with E-state index in [1.54, 1.807) is 11.8 Å². The molecule has 0 aliphatic rings. The van der Waals surface area contributed by atoms with E-state index in [1.807, 2.05) is 6.92 Å². The number of nitrogens with one attached hydrogen (secondary N) is 1. The Hall–Kier alpha value is -0.960. The predicted molar refractivity (Wildman–Crippen MR) is 74.4 cm³/mol. The molecular formula is C14H21NOS. The molecule has 0 spiro atoms. The summed E-state index contributed by atoms with van der Waals surface area (Å²) in [6.07, 6.45) is 2.16. The molecule has 94 valence electrons. The number of amides is 1. The van der Waals surface area contributed by atoms with Crippen molar-refractivity contribution in [2.75, 3.05) is 6.54 Å². The molecule has 1 aromatic carbocycles. The second kappa shape index (κ2) is 7.38. The maximum Gasteiger partial charge on any atom is 0.233 e. The van der Waals surface area contributed by atoms with Gasteiger partial charge in [-0.2, -0.15) is 0 Å². The minimum atomic E-state index is -0.0328.